The van der Waals surface area contributed by atoms with Gasteiger partial charge in [-0.15, -0.1) is 0 Å². The molecule has 5 nitrogen and oxygen atoms in total. The lowest BCUT2D eigenvalue weighted by Crippen LogP contribution is -2.14. The molecular weight excluding hydrogens is 290 g/mol. The van der Waals surface area contributed by atoms with E-state index in [1.807, 2.05) is 35.9 Å². The zero-order valence-electron chi connectivity index (χ0n) is 13.0. The number of benzene rings is 1. The number of rotatable bonds is 4. The number of carbonyl (C=O) groups excluding carboxylic acids is 2. The van der Waals surface area contributed by atoms with Crippen LogP contribution in [0.5, 0.6) is 0 Å². The fourth-order valence-corrected chi connectivity index (χ4v) is 2.45. The van der Waals surface area contributed by atoms with Gasteiger partial charge in [-0.25, -0.2) is 4.98 Å². The molecular formula is C18H17N3O2. The Morgan fingerprint density at radius 2 is 1.91 bits per heavy atom. The molecule has 0 radical (unpaired) electrons. The van der Waals surface area contributed by atoms with Crippen molar-refractivity contribution in [3.05, 3.63) is 65.6 Å². The molecule has 1 aromatic carbocycles. The summed E-state index contributed by atoms with van der Waals surface area (Å²) < 4.78 is 1.92. The maximum atomic E-state index is 12.1. The minimum atomic E-state index is -0.137. The van der Waals surface area contributed by atoms with Crippen molar-refractivity contribution < 1.29 is 9.59 Å². The fraction of sp³-hybridized carbons (Fsp3) is 0.167. The second kappa shape index (κ2) is 6.04. The number of amides is 1. The lowest BCUT2D eigenvalue weighted by molar-refractivity contribution is -0.115. The molecule has 0 aliphatic heterocycles. The first-order chi connectivity index (χ1) is 11.0. The lowest BCUT2D eigenvalue weighted by atomic mass is 10.1. The van der Waals surface area contributed by atoms with E-state index in [4.69, 9.17) is 0 Å². The highest BCUT2D eigenvalue weighted by molar-refractivity contribution is 5.96. The molecule has 1 amide bonds. The summed E-state index contributed by atoms with van der Waals surface area (Å²) in [6.45, 7) is 3.50. The summed E-state index contributed by atoms with van der Waals surface area (Å²) in [5.74, 6) is -0.135. The maximum absolute atomic E-state index is 12.1. The highest BCUT2D eigenvalue weighted by Crippen LogP contribution is 2.13. The number of pyridine rings is 1. The van der Waals surface area contributed by atoms with Crippen LogP contribution in [0.4, 0.5) is 5.69 Å². The minimum absolute atomic E-state index is 0.00273. The van der Waals surface area contributed by atoms with Gasteiger partial charge in [-0.3, -0.25) is 9.59 Å². The Morgan fingerprint density at radius 1 is 1.17 bits per heavy atom. The third kappa shape index (κ3) is 3.29. The molecule has 0 aliphatic rings. The molecule has 3 rings (SSSR count). The quantitative estimate of drug-likeness (QED) is 0.754. The van der Waals surface area contributed by atoms with E-state index in [-0.39, 0.29) is 18.1 Å². The van der Waals surface area contributed by atoms with Crippen LogP contribution in [0.2, 0.25) is 0 Å². The van der Waals surface area contributed by atoms with Crippen LogP contribution >= 0.6 is 0 Å². The fourth-order valence-electron chi connectivity index (χ4n) is 2.45. The summed E-state index contributed by atoms with van der Waals surface area (Å²) in [6.07, 6.45) is 3.98. The summed E-state index contributed by atoms with van der Waals surface area (Å²) in [5, 5.41) is 2.82. The van der Waals surface area contributed by atoms with Crippen LogP contribution in [0.25, 0.3) is 5.65 Å². The molecule has 0 aliphatic carbocycles. The van der Waals surface area contributed by atoms with Gasteiger partial charge in [-0.1, -0.05) is 6.07 Å². The topological polar surface area (TPSA) is 63.5 Å². The molecule has 0 spiro atoms. The second-order valence-electron chi connectivity index (χ2n) is 5.51. The first kappa shape index (κ1) is 15.0. The predicted molar refractivity (Wildman–Crippen MR) is 88.7 cm³/mol. The highest BCUT2D eigenvalue weighted by atomic mass is 16.1. The molecule has 3 aromatic rings. The Hall–Kier alpha value is -2.95. The lowest BCUT2D eigenvalue weighted by Gasteiger charge is -2.04. The standard InChI is InChI=1S/C18H17N3O2/c1-12-4-3-9-21-11-16(20-18(12)21)10-17(23)19-15-7-5-14(6-8-15)13(2)22/h3-9,11H,10H2,1-2H3,(H,19,23). The van der Waals surface area contributed by atoms with Crippen molar-refractivity contribution in [3.63, 3.8) is 0 Å². The van der Waals surface area contributed by atoms with Crippen LogP contribution < -0.4 is 5.32 Å². The van der Waals surface area contributed by atoms with E-state index in [2.05, 4.69) is 10.3 Å². The van der Waals surface area contributed by atoms with Crippen LogP contribution in [0.3, 0.4) is 0 Å². The van der Waals surface area contributed by atoms with E-state index in [1.165, 1.54) is 6.92 Å². The van der Waals surface area contributed by atoms with E-state index in [9.17, 15) is 9.59 Å². The number of Topliss-reactive ketones (excluding diaryl/α,β-unsaturated/α-hetero) is 1. The van der Waals surface area contributed by atoms with Crippen LogP contribution in [-0.2, 0) is 11.2 Å². The number of fused-ring (bicyclic) bond motifs is 1. The Kier molecular flexibility index (Phi) is 3.93. The Balaban J connectivity index is 1.70. The van der Waals surface area contributed by atoms with Gasteiger partial charge in [-0.05, 0) is 49.7 Å². The summed E-state index contributed by atoms with van der Waals surface area (Å²) in [6, 6.07) is 10.8. The number of nitrogens with zero attached hydrogens (tertiary/aromatic N) is 2. The average Bonchev–Trinajstić information content (AvgIpc) is 2.91. The second-order valence-corrected chi connectivity index (χ2v) is 5.51. The number of aryl methyl sites for hydroxylation is 1. The van der Waals surface area contributed by atoms with Crippen molar-refractivity contribution in [2.24, 2.45) is 0 Å². The number of imidazole rings is 1. The van der Waals surface area contributed by atoms with Gasteiger partial charge in [0, 0.05) is 23.6 Å². The highest BCUT2D eigenvalue weighted by Gasteiger charge is 2.09. The predicted octanol–water partition coefficient (Wildman–Crippen LogP) is 3.03. The molecule has 1 N–H and O–H groups in total. The van der Waals surface area contributed by atoms with Crippen LogP contribution in [-0.4, -0.2) is 21.1 Å². The number of nitrogens with one attached hydrogen (secondary N) is 1. The van der Waals surface area contributed by atoms with Gasteiger partial charge in [0.1, 0.15) is 5.65 Å². The first-order valence-corrected chi connectivity index (χ1v) is 7.37. The SMILES string of the molecule is CC(=O)c1ccc(NC(=O)Cc2cn3cccc(C)c3n2)cc1. The molecule has 0 bridgehead atoms. The molecule has 0 unspecified atom stereocenters. The summed E-state index contributed by atoms with van der Waals surface area (Å²) in [7, 11) is 0. The minimum Gasteiger partial charge on any atom is -0.326 e. The molecule has 0 fully saturated rings. The zero-order valence-corrected chi connectivity index (χ0v) is 13.0. The molecule has 0 saturated carbocycles. The number of anilines is 1. The van der Waals surface area contributed by atoms with E-state index >= 15 is 0 Å². The summed E-state index contributed by atoms with van der Waals surface area (Å²) in [5.41, 5.74) is 3.94. The van der Waals surface area contributed by atoms with Crippen molar-refractivity contribution >= 4 is 23.0 Å². The van der Waals surface area contributed by atoms with Gasteiger partial charge in [0.2, 0.25) is 5.91 Å². The number of hydrogen-bond acceptors (Lipinski definition) is 3. The van der Waals surface area contributed by atoms with Gasteiger partial charge < -0.3 is 9.72 Å². The van der Waals surface area contributed by atoms with Crippen molar-refractivity contribution in [3.8, 4) is 0 Å². The maximum Gasteiger partial charge on any atom is 0.230 e. The zero-order chi connectivity index (χ0) is 16.4. The summed E-state index contributed by atoms with van der Waals surface area (Å²) >= 11 is 0. The largest absolute Gasteiger partial charge is 0.326 e. The van der Waals surface area contributed by atoms with Gasteiger partial charge in [0.25, 0.3) is 0 Å². The van der Waals surface area contributed by atoms with Crippen molar-refractivity contribution in [1.82, 2.24) is 9.38 Å². The first-order valence-electron chi connectivity index (χ1n) is 7.37. The van der Waals surface area contributed by atoms with Gasteiger partial charge in [-0.2, -0.15) is 0 Å². The van der Waals surface area contributed by atoms with Gasteiger partial charge in [0.15, 0.2) is 5.78 Å². The number of carbonyl (C=O) groups is 2. The van der Waals surface area contributed by atoms with Crippen molar-refractivity contribution in [1.29, 1.82) is 0 Å². The number of aromatic nitrogens is 2. The Morgan fingerprint density at radius 3 is 2.57 bits per heavy atom. The third-order valence-corrected chi connectivity index (χ3v) is 3.64. The molecule has 23 heavy (non-hydrogen) atoms. The number of ketones is 1. The van der Waals surface area contributed by atoms with Gasteiger partial charge >= 0.3 is 0 Å². The monoisotopic (exact) mass is 307 g/mol. The molecule has 5 heteroatoms. The molecule has 2 aromatic heterocycles. The molecule has 0 saturated heterocycles. The molecule has 2 heterocycles. The van der Waals surface area contributed by atoms with Gasteiger partial charge in [0.05, 0.1) is 12.1 Å². The molecule has 0 atom stereocenters. The van der Waals surface area contributed by atoms with Crippen molar-refractivity contribution in [2.45, 2.75) is 20.3 Å². The smallest absolute Gasteiger partial charge is 0.230 e. The van der Waals surface area contributed by atoms with E-state index in [1.54, 1.807) is 24.3 Å². The molecule has 116 valence electrons. The van der Waals surface area contributed by atoms with Crippen LogP contribution in [0.15, 0.2) is 48.8 Å². The van der Waals surface area contributed by atoms with Crippen LogP contribution in [0, 0.1) is 6.92 Å². The summed E-state index contributed by atoms with van der Waals surface area (Å²) in [4.78, 5) is 27.9. The third-order valence-electron chi connectivity index (χ3n) is 3.64. The van der Waals surface area contributed by atoms with E-state index in [0.29, 0.717) is 11.3 Å². The van der Waals surface area contributed by atoms with Crippen LogP contribution in [0.1, 0.15) is 28.5 Å². The Labute approximate surface area is 134 Å². The normalized spacial score (nSPS) is 10.7. The number of hydrogen-bond donors (Lipinski definition) is 1. The average molecular weight is 307 g/mol. The Bertz CT molecular complexity index is 879. The van der Waals surface area contributed by atoms with Crippen molar-refractivity contribution in [2.75, 3.05) is 5.32 Å². The van der Waals surface area contributed by atoms with E-state index < -0.39 is 0 Å². The van der Waals surface area contributed by atoms with E-state index in [0.717, 1.165) is 16.9 Å².